The summed E-state index contributed by atoms with van der Waals surface area (Å²) in [5, 5.41) is 8.36. The fourth-order valence-corrected chi connectivity index (χ4v) is 2.60. The minimum Gasteiger partial charge on any atom is -0.368 e. The maximum atomic E-state index is 6.28. The summed E-state index contributed by atoms with van der Waals surface area (Å²) in [6.45, 7) is 2.06. The summed E-state index contributed by atoms with van der Waals surface area (Å²) in [7, 11) is 1.95. The molecule has 21 heavy (non-hydrogen) atoms. The van der Waals surface area contributed by atoms with E-state index >= 15 is 0 Å². The number of nitrogens with zero attached hydrogens (tertiary/aromatic N) is 4. The van der Waals surface area contributed by atoms with Crippen LogP contribution >= 0.6 is 11.6 Å². The number of aromatic nitrogens is 4. The topological polar surface area (TPSA) is 83.7 Å². The highest BCUT2D eigenvalue weighted by molar-refractivity contribution is 6.31. The van der Waals surface area contributed by atoms with Gasteiger partial charge in [-0.2, -0.15) is 15.1 Å². The van der Waals surface area contributed by atoms with Gasteiger partial charge in [0.15, 0.2) is 5.65 Å². The average Bonchev–Trinajstić information content (AvgIpc) is 2.93. The number of fused-ring (bicyclic) bond motifs is 1. The Morgan fingerprint density at radius 3 is 2.81 bits per heavy atom. The van der Waals surface area contributed by atoms with Gasteiger partial charge in [-0.3, -0.25) is 5.10 Å². The van der Waals surface area contributed by atoms with Gasteiger partial charge < -0.3 is 10.6 Å². The predicted molar refractivity (Wildman–Crippen MR) is 84.4 cm³/mol. The minimum atomic E-state index is 0.0334. The number of aromatic amines is 1. The summed E-state index contributed by atoms with van der Waals surface area (Å²) >= 11 is 6.28. The molecule has 3 N–H and O–H groups in total. The number of H-pyrrole nitrogens is 1. The summed E-state index contributed by atoms with van der Waals surface area (Å²) in [6.07, 6.45) is 1.69. The number of rotatable bonds is 3. The number of hydrogen-bond acceptors (Lipinski definition) is 5. The van der Waals surface area contributed by atoms with Crippen LogP contribution < -0.4 is 10.6 Å². The van der Waals surface area contributed by atoms with Crippen molar-refractivity contribution in [3.63, 3.8) is 0 Å². The zero-order valence-corrected chi connectivity index (χ0v) is 12.5. The van der Waals surface area contributed by atoms with Gasteiger partial charge in [0.1, 0.15) is 5.82 Å². The maximum Gasteiger partial charge on any atom is 0.224 e. The second-order valence-corrected chi connectivity index (χ2v) is 5.25. The summed E-state index contributed by atoms with van der Waals surface area (Å²) in [5.74, 6) is 0.929. The van der Waals surface area contributed by atoms with Crippen molar-refractivity contribution in [3.8, 4) is 0 Å². The van der Waals surface area contributed by atoms with E-state index in [1.165, 1.54) is 0 Å². The van der Waals surface area contributed by atoms with Crippen LogP contribution in [0.25, 0.3) is 11.0 Å². The van der Waals surface area contributed by atoms with E-state index in [1.54, 1.807) is 6.20 Å². The Hall–Kier alpha value is -2.34. The van der Waals surface area contributed by atoms with E-state index < -0.39 is 0 Å². The van der Waals surface area contributed by atoms with Crippen molar-refractivity contribution in [2.75, 3.05) is 17.7 Å². The number of anilines is 2. The first-order valence-electron chi connectivity index (χ1n) is 6.51. The lowest BCUT2D eigenvalue weighted by Crippen LogP contribution is -2.23. The predicted octanol–water partition coefficient (Wildman–Crippen LogP) is 2.79. The van der Waals surface area contributed by atoms with Gasteiger partial charge in [0, 0.05) is 12.1 Å². The number of nitrogen functional groups attached to an aromatic ring is 1. The second kappa shape index (κ2) is 5.21. The van der Waals surface area contributed by atoms with Crippen LogP contribution in [0.4, 0.5) is 11.8 Å². The number of hydrogen-bond donors (Lipinski definition) is 2. The monoisotopic (exact) mass is 302 g/mol. The van der Waals surface area contributed by atoms with Gasteiger partial charge in [0.2, 0.25) is 5.95 Å². The van der Waals surface area contributed by atoms with E-state index in [-0.39, 0.29) is 12.0 Å². The van der Waals surface area contributed by atoms with Crippen molar-refractivity contribution in [3.05, 3.63) is 41.0 Å². The normalized spacial score (nSPS) is 12.5. The van der Waals surface area contributed by atoms with Crippen LogP contribution in [0.2, 0.25) is 5.02 Å². The van der Waals surface area contributed by atoms with Crippen LogP contribution in [0.15, 0.2) is 30.5 Å². The van der Waals surface area contributed by atoms with Crippen LogP contribution in [0.5, 0.6) is 0 Å². The lowest BCUT2D eigenvalue weighted by Gasteiger charge is -2.27. The van der Waals surface area contributed by atoms with Crippen molar-refractivity contribution >= 4 is 34.4 Å². The van der Waals surface area contributed by atoms with Crippen molar-refractivity contribution in [1.29, 1.82) is 0 Å². The van der Waals surface area contributed by atoms with Gasteiger partial charge >= 0.3 is 0 Å². The van der Waals surface area contributed by atoms with Crippen LogP contribution in [0.1, 0.15) is 18.5 Å². The summed E-state index contributed by atoms with van der Waals surface area (Å²) in [4.78, 5) is 10.5. The van der Waals surface area contributed by atoms with Crippen LogP contribution in [0.3, 0.4) is 0 Å². The van der Waals surface area contributed by atoms with Gasteiger partial charge in [-0.1, -0.05) is 29.8 Å². The van der Waals surface area contributed by atoms with Crippen LogP contribution in [-0.2, 0) is 0 Å². The summed E-state index contributed by atoms with van der Waals surface area (Å²) in [6, 6.07) is 7.79. The largest absolute Gasteiger partial charge is 0.368 e. The third-order valence-corrected chi connectivity index (χ3v) is 3.92. The maximum absolute atomic E-state index is 6.28. The minimum absolute atomic E-state index is 0.0334. The van der Waals surface area contributed by atoms with Crippen LogP contribution in [0, 0.1) is 0 Å². The Morgan fingerprint density at radius 1 is 1.29 bits per heavy atom. The second-order valence-electron chi connectivity index (χ2n) is 4.85. The van der Waals surface area contributed by atoms with Crippen molar-refractivity contribution in [2.45, 2.75) is 13.0 Å². The Kier molecular flexibility index (Phi) is 3.39. The molecule has 0 aliphatic heterocycles. The Morgan fingerprint density at radius 2 is 2.05 bits per heavy atom. The molecule has 0 aliphatic carbocycles. The molecule has 2 heterocycles. The molecule has 6 nitrogen and oxygen atoms in total. The van der Waals surface area contributed by atoms with Crippen molar-refractivity contribution < 1.29 is 0 Å². The Balaban J connectivity index is 2.06. The summed E-state index contributed by atoms with van der Waals surface area (Å²) < 4.78 is 0. The molecule has 2 aromatic heterocycles. The van der Waals surface area contributed by atoms with Gasteiger partial charge in [-0.25, -0.2) is 0 Å². The molecule has 0 saturated carbocycles. The quantitative estimate of drug-likeness (QED) is 0.777. The van der Waals surface area contributed by atoms with Crippen molar-refractivity contribution in [2.24, 2.45) is 0 Å². The molecule has 1 unspecified atom stereocenters. The van der Waals surface area contributed by atoms with Gasteiger partial charge in [0.05, 0.1) is 17.6 Å². The third kappa shape index (κ3) is 2.38. The molecule has 3 rings (SSSR count). The number of nitrogens with one attached hydrogen (secondary N) is 1. The van der Waals surface area contributed by atoms with E-state index in [4.69, 9.17) is 17.3 Å². The Bertz CT molecular complexity index is 784. The molecule has 108 valence electrons. The van der Waals surface area contributed by atoms with Gasteiger partial charge in [-0.05, 0) is 18.6 Å². The average molecular weight is 303 g/mol. The molecule has 0 amide bonds. The van der Waals surface area contributed by atoms with E-state index in [9.17, 15) is 0 Å². The van der Waals surface area contributed by atoms with Gasteiger partial charge in [-0.15, -0.1) is 0 Å². The molecule has 0 saturated heterocycles. The molecule has 3 aromatic rings. The molecule has 0 radical (unpaired) electrons. The highest BCUT2D eigenvalue weighted by atomic mass is 35.5. The van der Waals surface area contributed by atoms with E-state index in [1.807, 2.05) is 36.2 Å². The smallest absolute Gasteiger partial charge is 0.224 e. The van der Waals surface area contributed by atoms with Crippen LogP contribution in [-0.4, -0.2) is 27.2 Å². The first-order valence-corrected chi connectivity index (χ1v) is 6.89. The number of benzene rings is 1. The van der Waals surface area contributed by atoms with Gasteiger partial charge in [0.25, 0.3) is 0 Å². The molecule has 0 spiro atoms. The SMILES string of the molecule is CC(c1ccccc1Cl)N(C)c1nc(N)nc2[nH]ncc12. The highest BCUT2D eigenvalue weighted by Gasteiger charge is 2.19. The fourth-order valence-electron chi connectivity index (χ4n) is 2.31. The Labute approximate surface area is 127 Å². The highest BCUT2D eigenvalue weighted by Crippen LogP contribution is 2.32. The first kappa shape index (κ1) is 13.6. The van der Waals surface area contributed by atoms with E-state index in [2.05, 4.69) is 27.1 Å². The lowest BCUT2D eigenvalue weighted by molar-refractivity contribution is 0.732. The number of halogens is 1. The fraction of sp³-hybridized carbons (Fsp3) is 0.214. The summed E-state index contributed by atoms with van der Waals surface area (Å²) in [5.41, 5.74) is 7.41. The number of nitrogens with two attached hydrogens (primary N) is 1. The van der Waals surface area contributed by atoms with E-state index in [0.717, 1.165) is 21.8 Å². The zero-order chi connectivity index (χ0) is 15.0. The molecule has 1 atom stereocenters. The standard InChI is InChI=1S/C14H15ClN6/c1-8(9-5-3-4-6-11(9)15)21(2)13-10-7-17-20-12(10)18-14(16)19-13/h3-8H,1-2H3,(H3,16,17,18,19,20). The molecular formula is C14H15ClN6. The molecule has 0 fully saturated rings. The first-order chi connectivity index (χ1) is 10.1. The zero-order valence-electron chi connectivity index (χ0n) is 11.7. The van der Waals surface area contributed by atoms with E-state index in [0.29, 0.717) is 5.65 Å². The van der Waals surface area contributed by atoms with Crippen molar-refractivity contribution in [1.82, 2.24) is 20.2 Å². The molecule has 7 heteroatoms. The molecule has 1 aromatic carbocycles. The molecular weight excluding hydrogens is 288 g/mol. The third-order valence-electron chi connectivity index (χ3n) is 3.58. The lowest BCUT2D eigenvalue weighted by atomic mass is 10.1. The molecule has 0 aliphatic rings. The molecule has 0 bridgehead atoms.